The van der Waals surface area contributed by atoms with Gasteiger partial charge in [-0.2, -0.15) is 0 Å². The van der Waals surface area contributed by atoms with E-state index in [1.807, 2.05) is 6.07 Å². The molecule has 0 bridgehead atoms. The van der Waals surface area contributed by atoms with Crippen LogP contribution in [0.4, 0.5) is 10.9 Å². The van der Waals surface area contributed by atoms with Gasteiger partial charge in [-0.3, -0.25) is 0 Å². The first-order valence-electron chi connectivity index (χ1n) is 6.57. The van der Waals surface area contributed by atoms with Gasteiger partial charge in [0.25, 0.3) is 0 Å². The van der Waals surface area contributed by atoms with Gasteiger partial charge in [0.2, 0.25) is 5.95 Å². The number of anilines is 1. The number of H-pyrrole nitrogens is 1. The number of nitrogens with zero attached hydrogens (tertiary/aromatic N) is 4. The maximum atomic E-state index is 11.9. The van der Waals surface area contributed by atoms with E-state index in [0.717, 1.165) is 17.7 Å². The second-order valence-electron chi connectivity index (χ2n) is 4.05. The fourth-order valence-corrected chi connectivity index (χ4v) is 2.71. The van der Waals surface area contributed by atoms with Crippen LogP contribution in [-0.2, 0) is 11.2 Å². The number of hydrogen-bond acceptors (Lipinski definition) is 7. The number of thiophene rings is 1. The van der Waals surface area contributed by atoms with Gasteiger partial charge < -0.3 is 10.1 Å². The van der Waals surface area contributed by atoms with Crippen LogP contribution in [0.3, 0.4) is 0 Å². The van der Waals surface area contributed by atoms with E-state index < -0.39 is 0 Å². The zero-order valence-electron chi connectivity index (χ0n) is 11.8. The first-order chi connectivity index (χ1) is 10.2. The summed E-state index contributed by atoms with van der Waals surface area (Å²) < 4.78 is 5.05. The van der Waals surface area contributed by atoms with Crippen molar-refractivity contribution in [1.82, 2.24) is 20.6 Å². The molecule has 21 heavy (non-hydrogen) atoms. The van der Waals surface area contributed by atoms with Crippen LogP contribution < -0.4 is 5.32 Å². The summed E-state index contributed by atoms with van der Waals surface area (Å²) in [5, 5.41) is 16.5. The van der Waals surface area contributed by atoms with Crippen molar-refractivity contribution in [2.24, 2.45) is 4.99 Å². The lowest BCUT2D eigenvalue weighted by Crippen LogP contribution is -2.03. The maximum absolute atomic E-state index is 11.9. The summed E-state index contributed by atoms with van der Waals surface area (Å²) in [4.78, 5) is 17.3. The summed E-state index contributed by atoms with van der Waals surface area (Å²) in [5.74, 6) is 0.0198. The molecule has 112 valence electrons. The van der Waals surface area contributed by atoms with E-state index in [4.69, 9.17) is 4.74 Å². The monoisotopic (exact) mass is 308 g/mol. The summed E-state index contributed by atoms with van der Waals surface area (Å²) in [6, 6.07) is 1.84. The van der Waals surface area contributed by atoms with Crippen LogP contribution in [0, 0.1) is 0 Å². The Morgan fingerprint density at radius 3 is 3.10 bits per heavy atom. The molecule has 0 radical (unpaired) electrons. The van der Waals surface area contributed by atoms with E-state index >= 15 is 0 Å². The van der Waals surface area contributed by atoms with Gasteiger partial charge in [0.15, 0.2) is 0 Å². The van der Waals surface area contributed by atoms with Crippen LogP contribution in [0.5, 0.6) is 0 Å². The molecule has 8 nitrogen and oxygen atoms in total. The predicted octanol–water partition coefficient (Wildman–Crippen LogP) is 2.16. The fourth-order valence-electron chi connectivity index (χ4n) is 1.62. The number of aromatic nitrogens is 4. The number of carbonyl (C=O) groups is 1. The van der Waals surface area contributed by atoms with Gasteiger partial charge in [0.05, 0.1) is 18.5 Å². The summed E-state index contributed by atoms with van der Waals surface area (Å²) in [5.41, 5.74) is 0.485. The lowest BCUT2D eigenvalue weighted by atomic mass is 10.2. The minimum absolute atomic E-state index is 0.336. The Kier molecular flexibility index (Phi) is 5.38. The first kappa shape index (κ1) is 15.1. The number of tetrazole rings is 1. The fraction of sp³-hybridized carbons (Fsp3) is 0.417. The average Bonchev–Trinajstić information content (AvgIpc) is 3.09. The minimum atomic E-state index is -0.357. The second-order valence-corrected chi connectivity index (χ2v) is 5.17. The Morgan fingerprint density at radius 1 is 1.57 bits per heavy atom. The Bertz CT molecular complexity index is 607. The van der Waals surface area contributed by atoms with Gasteiger partial charge in [0, 0.05) is 4.88 Å². The maximum Gasteiger partial charge on any atom is 0.341 e. The molecule has 9 heteroatoms. The predicted molar refractivity (Wildman–Crippen MR) is 80.2 cm³/mol. The van der Waals surface area contributed by atoms with Gasteiger partial charge in [-0.05, 0) is 29.8 Å². The van der Waals surface area contributed by atoms with Gasteiger partial charge >= 0.3 is 5.97 Å². The molecule has 2 heterocycles. The molecule has 0 atom stereocenters. The molecule has 0 unspecified atom stereocenters. The molecule has 0 fully saturated rings. The third-order valence-corrected chi connectivity index (χ3v) is 3.59. The van der Waals surface area contributed by atoms with E-state index in [-0.39, 0.29) is 5.97 Å². The van der Waals surface area contributed by atoms with Gasteiger partial charge in [-0.25, -0.2) is 14.9 Å². The lowest BCUT2D eigenvalue weighted by molar-refractivity contribution is 0.0528. The van der Waals surface area contributed by atoms with Gasteiger partial charge in [0.1, 0.15) is 5.00 Å². The van der Waals surface area contributed by atoms with Crippen LogP contribution in [0.25, 0.3) is 0 Å². The smallest absolute Gasteiger partial charge is 0.341 e. The number of aryl methyl sites for hydroxylation is 1. The van der Waals surface area contributed by atoms with Crippen LogP contribution >= 0.6 is 11.3 Å². The van der Waals surface area contributed by atoms with E-state index in [0.29, 0.717) is 23.1 Å². The molecule has 0 amide bonds. The molecule has 0 saturated carbocycles. The molecule has 0 spiro atoms. The summed E-state index contributed by atoms with van der Waals surface area (Å²) >= 11 is 1.47. The summed E-state index contributed by atoms with van der Waals surface area (Å²) in [6.45, 7) is 4.20. The van der Waals surface area contributed by atoms with Crippen molar-refractivity contribution in [3.63, 3.8) is 0 Å². The van der Waals surface area contributed by atoms with Crippen LogP contribution in [0.1, 0.15) is 35.5 Å². The zero-order valence-corrected chi connectivity index (χ0v) is 12.6. The molecular formula is C12H16N6O2S. The molecule has 0 aliphatic rings. The van der Waals surface area contributed by atoms with E-state index in [9.17, 15) is 4.79 Å². The lowest BCUT2D eigenvalue weighted by Gasteiger charge is -1.99. The van der Waals surface area contributed by atoms with Crippen molar-refractivity contribution in [3.05, 3.63) is 16.5 Å². The van der Waals surface area contributed by atoms with Crippen molar-refractivity contribution in [2.75, 3.05) is 11.9 Å². The SMILES string of the molecule is CCCc1cc(C(=O)OCC)c(/N=C/Nc2nnn[nH]2)s1. The van der Waals surface area contributed by atoms with Crippen LogP contribution in [0.2, 0.25) is 0 Å². The third-order valence-electron chi connectivity index (χ3n) is 2.48. The topological polar surface area (TPSA) is 105 Å². The largest absolute Gasteiger partial charge is 0.462 e. The average molecular weight is 308 g/mol. The highest BCUT2D eigenvalue weighted by molar-refractivity contribution is 7.16. The van der Waals surface area contributed by atoms with Crippen molar-refractivity contribution in [2.45, 2.75) is 26.7 Å². The summed E-state index contributed by atoms with van der Waals surface area (Å²) in [7, 11) is 0. The van der Waals surface area contributed by atoms with Gasteiger partial charge in [-0.15, -0.1) is 11.3 Å². The number of carbonyl (C=O) groups excluding carboxylic acids is 1. The molecule has 0 aromatic carbocycles. The standard InChI is InChI=1S/C12H16N6O2S/c1-3-5-8-6-9(11(19)20-4-2)10(21-8)13-7-14-12-15-17-18-16-12/h6-7H,3-5H2,1-2H3,(H2,13,14,15,16,17,18). The highest BCUT2D eigenvalue weighted by Gasteiger charge is 2.16. The van der Waals surface area contributed by atoms with Crippen molar-refractivity contribution >= 4 is 34.6 Å². The number of ether oxygens (including phenoxy) is 1. The molecule has 0 aliphatic heterocycles. The van der Waals surface area contributed by atoms with Crippen molar-refractivity contribution < 1.29 is 9.53 Å². The Labute approximate surface area is 125 Å². The van der Waals surface area contributed by atoms with Crippen LogP contribution in [0.15, 0.2) is 11.1 Å². The number of aromatic amines is 1. The molecule has 2 rings (SSSR count). The van der Waals surface area contributed by atoms with E-state index in [1.54, 1.807) is 6.92 Å². The number of esters is 1. The first-order valence-corrected chi connectivity index (χ1v) is 7.38. The Morgan fingerprint density at radius 2 is 2.43 bits per heavy atom. The van der Waals surface area contributed by atoms with E-state index in [1.165, 1.54) is 17.7 Å². The number of aliphatic imine (C=N–C) groups is 1. The highest BCUT2D eigenvalue weighted by atomic mass is 32.1. The third kappa shape index (κ3) is 4.09. The van der Waals surface area contributed by atoms with Crippen molar-refractivity contribution in [3.8, 4) is 0 Å². The zero-order chi connectivity index (χ0) is 15.1. The number of nitrogens with one attached hydrogen (secondary N) is 2. The molecule has 2 N–H and O–H groups in total. The number of hydrogen-bond donors (Lipinski definition) is 2. The molecule has 2 aromatic rings. The minimum Gasteiger partial charge on any atom is -0.462 e. The molecule has 0 saturated heterocycles. The van der Waals surface area contributed by atoms with Crippen molar-refractivity contribution in [1.29, 1.82) is 0 Å². The van der Waals surface area contributed by atoms with Gasteiger partial charge in [-0.1, -0.05) is 18.4 Å². The van der Waals surface area contributed by atoms with E-state index in [2.05, 4.69) is 37.9 Å². The quantitative estimate of drug-likeness (QED) is 0.461. The van der Waals surface area contributed by atoms with Crippen LogP contribution in [-0.4, -0.2) is 39.5 Å². The molecule has 0 aliphatic carbocycles. The normalized spacial score (nSPS) is 11.0. The Balaban J connectivity index is 2.15. The summed E-state index contributed by atoms with van der Waals surface area (Å²) in [6.07, 6.45) is 3.35. The number of rotatable bonds is 7. The highest BCUT2D eigenvalue weighted by Crippen LogP contribution is 2.32. The molecular weight excluding hydrogens is 292 g/mol. The second kappa shape index (κ2) is 7.48. The Hall–Kier alpha value is -2.29. The molecule has 2 aromatic heterocycles.